The van der Waals surface area contributed by atoms with Gasteiger partial charge in [0.15, 0.2) is 0 Å². The van der Waals surface area contributed by atoms with Crippen molar-refractivity contribution in [3.05, 3.63) is 64.2 Å². The minimum atomic E-state index is -0.471. The molecule has 27 heavy (non-hydrogen) atoms. The van der Waals surface area contributed by atoms with E-state index < -0.39 is 5.60 Å². The number of hydrogen-bond donors (Lipinski definition) is 2. The van der Waals surface area contributed by atoms with Crippen LogP contribution in [-0.4, -0.2) is 17.7 Å². The second-order valence-electron chi connectivity index (χ2n) is 8.05. The molecule has 1 atom stereocenters. The van der Waals surface area contributed by atoms with Gasteiger partial charge in [-0.2, -0.15) is 0 Å². The molecule has 1 aliphatic rings. The van der Waals surface area contributed by atoms with Crippen LogP contribution >= 0.6 is 11.6 Å². The number of halogens is 1. The lowest BCUT2D eigenvalue weighted by molar-refractivity contribution is 0.0500. The van der Waals surface area contributed by atoms with Gasteiger partial charge in [0.1, 0.15) is 5.60 Å². The smallest absolute Gasteiger partial charge is 0.407 e. The number of ether oxygens (including phenoxy) is 1. The molecule has 0 aliphatic heterocycles. The van der Waals surface area contributed by atoms with Crippen LogP contribution in [-0.2, 0) is 24.1 Å². The summed E-state index contributed by atoms with van der Waals surface area (Å²) < 4.78 is 5.36. The normalized spacial score (nSPS) is 16.4. The summed E-state index contributed by atoms with van der Waals surface area (Å²) in [5, 5.41) is 7.21. The molecule has 0 radical (unpaired) electrons. The van der Waals surface area contributed by atoms with E-state index in [2.05, 4.69) is 28.8 Å². The van der Waals surface area contributed by atoms with Crippen LogP contribution in [0.4, 0.5) is 10.5 Å². The van der Waals surface area contributed by atoms with Gasteiger partial charge in [0, 0.05) is 23.3 Å². The molecule has 1 aliphatic carbocycles. The summed E-state index contributed by atoms with van der Waals surface area (Å²) in [5.41, 5.74) is 4.47. The maximum Gasteiger partial charge on any atom is 0.407 e. The second kappa shape index (κ2) is 8.22. The molecule has 0 aromatic heterocycles. The number of benzene rings is 2. The Morgan fingerprint density at radius 3 is 2.59 bits per heavy atom. The van der Waals surface area contributed by atoms with Gasteiger partial charge in [-0.15, -0.1) is 0 Å². The van der Waals surface area contributed by atoms with Crippen molar-refractivity contribution >= 4 is 23.4 Å². The zero-order chi connectivity index (χ0) is 19.4. The van der Waals surface area contributed by atoms with Crippen LogP contribution in [0.5, 0.6) is 0 Å². The summed E-state index contributed by atoms with van der Waals surface area (Å²) in [7, 11) is 0. The van der Waals surface area contributed by atoms with E-state index in [0.717, 1.165) is 36.5 Å². The predicted molar refractivity (Wildman–Crippen MR) is 110 cm³/mol. The molecule has 1 amide bonds. The topological polar surface area (TPSA) is 50.4 Å². The first kappa shape index (κ1) is 19.6. The molecule has 3 rings (SSSR count). The quantitative estimate of drug-likeness (QED) is 0.746. The van der Waals surface area contributed by atoms with Crippen LogP contribution in [0.3, 0.4) is 0 Å². The summed E-state index contributed by atoms with van der Waals surface area (Å²) in [6, 6.07) is 14.5. The molecular formula is C22H27ClN2O2. The van der Waals surface area contributed by atoms with Crippen molar-refractivity contribution in [2.75, 3.05) is 5.32 Å². The largest absolute Gasteiger partial charge is 0.444 e. The Hall–Kier alpha value is -2.20. The highest BCUT2D eigenvalue weighted by Crippen LogP contribution is 2.25. The van der Waals surface area contributed by atoms with E-state index in [1.807, 2.05) is 45.0 Å². The van der Waals surface area contributed by atoms with Gasteiger partial charge in [-0.05, 0) is 81.0 Å². The summed E-state index contributed by atoms with van der Waals surface area (Å²) in [4.78, 5) is 12.0. The summed E-state index contributed by atoms with van der Waals surface area (Å²) >= 11 is 5.93. The average Bonchev–Trinajstić information content (AvgIpc) is 2.59. The molecule has 4 nitrogen and oxygen atoms in total. The van der Waals surface area contributed by atoms with Crippen LogP contribution < -0.4 is 10.6 Å². The number of alkyl carbamates (subject to hydrolysis) is 1. The van der Waals surface area contributed by atoms with Crippen LogP contribution in [0.2, 0.25) is 5.02 Å². The molecule has 0 spiro atoms. The third-order valence-electron chi connectivity index (χ3n) is 4.57. The number of hydrogen-bond acceptors (Lipinski definition) is 3. The van der Waals surface area contributed by atoms with Gasteiger partial charge in [-0.1, -0.05) is 29.8 Å². The van der Waals surface area contributed by atoms with E-state index in [0.29, 0.717) is 0 Å². The first-order chi connectivity index (χ1) is 12.8. The molecule has 5 heteroatoms. The zero-order valence-electron chi connectivity index (χ0n) is 16.1. The molecule has 0 unspecified atom stereocenters. The van der Waals surface area contributed by atoms with E-state index in [9.17, 15) is 4.79 Å². The molecule has 2 N–H and O–H groups in total. The van der Waals surface area contributed by atoms with Crippen LogP contribution in [0, 0.1) is 0 Å². The van der Waals surface area contributed by atoms with Gasteiger partial charge < -0.3 is 15.4 Å². The minimum Gasteiger partial charge on any atom is -0.444 e. The van der Waals surface area contributed by atoms with E-state index in [1.54, 1.807) is 0 Å². The van der Waals surface area contributed by atoms with Crippen molar-refractivity contribution < 1.29 is 9.53 Å². The van der Waals surface area contributed by atoms with Crippen LogP contribution in [0.1, 0.15) is 43.9 Å². The molecule has 0 fully saturated rings. The van der Waals surface area contributed by atoms with Crippen LogP contribution in [0.15, 0.2) is 42.5 Å². The number of amides is 1. The standard InChI is InChI=1S/C22H27ClN2O2/c1-22(2,3)27-21(26)25-20-11-7-16-12-19(10-6-17(16)13-20)24-14-15-4-8-18(23)9-5-15/h4-6,8-10,12,20,24H,7,11,13-14H2,1-3H3,(H,25,26)/t20-/m0/s1. The van der Waals surface area contributed by atoms with E-state index in [1.165, 1.54) is 16.7 Å². The van der Waals surface area contributed by atoms with Gasteiger partial charge in [0.2, 0.25) is 0 Å². The fourth-order valence-corrected chi connectivity index (χ4v) is 3.39. The van der Waals surface area contributed by atoms with Gasteiger partial charge in [-0.25, -0.2) is 4.79 Å². The molecule has 0 bridgehead atoms. The van der Waals surface area contributed by atoms with Crippen molar-refractivity contribution in [2.24, 2.45) is 0 Å². The summed E-state index contributed by atoms with van der Waals surface area (Å²) in [5.74, 6) is 0. The van der Waals surface area contributed by atoms with E-state index in [-0.39, 0.29) is 12.1 Å². The summed E-state index contributed by atoms with van der Waals surface area (Å²) in [6.07, 6.45) is 2.38. The molecular weight excluding hydrogens is 360 g/mol. The van der Waals surface area contributed by atoms with Crippen molar-refractivity contribution in [1.82, 2.24) is 5.32 Å². The molecule has 0 heterocycles. The Kier molecular flexibility index (Phi) is 5.95. The Bertz CT molecular complexity index is 797. The van der Waals surface area contributed by atoms with Crippen molar-refractivity contribution in [3.63, 3.8) is 0 Å². The van der Waals surface area contributed by atoms with E-state index in [4.69, 9.17) is 16.3 Å². The molecule has 2 aromatic carbocycles. The lowest BCUT2D eigenvalue weighted by Gasteiger charge is -2.27. The monoisotopic (exact) mass is 386 g/mol. The van der Waals surface area contributed by atoms with Gasteiger partial charge >= 0.3 is 6.09 Å². The lowest BCUT2D eigenvalue weighted by Crippen LogP contribution is -2.41. The third kappa shape index (κ3) is 5.90. The lowest BCUT2D eigenvalue weighted by atomic mass is 9.88. The summed E-state index contributed by atoms with van der Waals surface area (Å²) in [6.45, 7) is 6.39. The first-order valence-electron chi connectivity index (χ1n) is 9.38. The van der Waals surface area contributed by atoms with Crippen LogP contribution in [0.25, 0.3) is 0 Å². The fourth-order valence-electron chi connectivity index (χ4n) is 3.27. The number of fused-ring (bicyclic) bond motifs is 1. The number of nitrogens with one attached hydrogen (secondary N) is 2. The third-order valence-corrected chi connectivity index (χ3v) is 4.82. The second-order valence-corrected chi connectivity index (χ2v) is 8.49. The highest BCUT2D eigenvalue weighted by atomic mass is 35.5. The maximum absolute atomic E-state index is 12.0. The Morgan fingerprint density at radius 1 is 1.15 bits per heavy atom. The number of carbonyl (C=O) groups excluding carboxylic acids is 1. The number of anilines is 1. The van der Waals surface area contributed by atoms with E-state index >= 15 is 0 Å². The Morgan fingerprint density at radius 2 is 1.89 bits per heavy atom. The van der Waals surface area contributed by atoms with Gasteiger partial charge in [0.05, 0.1) is 0 Å². The number of carbonyl (C=O) groups is 1. The van der Waals surface area contributed by atoms with Crippen molar-refractivity contribution in [3.8, 4) is 0 Å². The average molecular weight is 387 g/mol. The maximum atomic E-state index is 12.0. The first-order valence-corrected chi connectivity index (χ1v) is 9.76. The number of aryl methyl sites for hydroxylation is 1. The predicted octanol–water partition coefficient (Wildman–Crippen LogP) is 5.33. The number of rotatable bonds is 4. The zero-order valence-corrected chi connectivity index (χ0v) is 16.9. The highest BCUT2D eigenvalue weighted by molar-refractivity contribution is 6.30. The Balaban J connectivity index is 1.56. The van der Waals surface area contributed by atoms with Crippen molar-refractivity contribution in [1.29, 1.82) is 0 Å². The molecule has 144 valence electrons. The minimum absolute atomic E-state index is 0.125. The molecule has 0 saturated carbocycles. The molecule has 0 saturated heterocycles. The van der Waals surface area contributed by atoms with Crippen molar-refractivity contribution in [2.45, 2.75) is 58.2 Å². The van der Waals surface area contributed by atoms with Gasteiger partial charge in [0.25, 0.3) is 0 Å². The molecule has 2 aromatic rings. The highest BCUT2D eigenvalue weighted by Gasteiger charge is 2.23. The van der Waals surface area contributed by atoms with Gasteiger partial charge in [-0.3, -0.25) is 0 Å². The Labute approximate surface area is 166 Å². The SMILES string of the molecule is CC(C)(C)OC(=O)N[C@H]1CCc2cc(NCc3ccc(Cl)cc3)ccc2C1. The fraction of sp³-hybridized carbons (Fsp3) is 0.409.